The average molecular weight is 543 g/mol. The minimum Gasteiger partial charge on any atom is -0.496 e. The molecule has 3 aromatic rings. The molecule has 0 saturated heterocycles. The summed E-state index contributed by atoms with van der Waals surface area (Å²) in [6, 6.07) is 16.5. The largest absolute Gasteiger partial charge is 0.496 e. The summed E-state index contributed by atoms with van der Waals surface area (Å²) in [4.78, 5) is 13.5. The number of nitrogens with one attached hydrogen (secondary N) is 1. The van der Waals surface area contributed by atoms with Gasteiger partial charge in [-0.05, 0) is 78.9 Å². The Bertz CT molecular complexity index is 1410. The summed E-state index contributed by atoms with van der Waals surface area (Å²) in [7, 11) is -2.32. The smallest absolute Gasteiger partial charge is 0.264 e. The predicted molar refractivity (Wildman–Crippen MR) is 145 cm³/mol. The molecule has 1 heterocycles. The number of halogens is 1. The molecule has 196 valence electrons. The third-order valence-corrected chi connectivity index (χ3v) is 8.51. The molecule has 1 amide bonds. The topological polar surface area (TPSA) is 84.9 Å². The molecule has 2 atom stereocenters. The van der Waals surface area contributed by atoms with Gasteiger partial charge in [0.05, 0.1) is 30.3 Å². The van der Waals surface area contributed by atoms with Gasteiger partial charge in [-0.3, -0.25) is 9.10 Å². The molecule has 0 bridgehead atoms. The number of aryl methyl sites for hydroxylation is 1. The predicted octanol–water partition coefficient (Wildman–Crippen LogP) is 5.61. The molecule has 37 heavy (non-hydrogen) atoms. The van der Waals surface area contributed by atoms with Crippen molar-refractivity contribution in [1.29, 1.82) is 0 Å². The molecule has 0 aromatic heterocycles. The highest BCUT2D eigenvalue weighted by atomic mass is 35.5. The Morgan fingerprint density at radius 3 is 2.43 bits per heavy atom. The number of amides is 1. The molecule has 3 aromatic carbocycles. The highest BCUT2D eigenvalue weighted by Gasteiger charge is 2.38. The fraction of sp³-hybridized carbons (Fsp3) is 0.321. The maximum Gasteiger partial charge on any atom is 0.264 e. The molecule has 1 aliphatic heterocycles. The summed E-state index contributed by atoms with van der Waals surface area (Å²) in [6.45, 7) is 7.84. The molecule has 1 N–H and O–H groups in total. The second-order valence-electron chi connectivity index (χ2n) is 9.40. The number of rotatable bonds is 7. The number of ether oxygens (including phenoxy) is 2. The van der Waals surface area contributed by atoms with Crippen LogP contribution in [-0.4, -0.2) is 34.1 Å². The number of fused-ring (bicyclic) bond motifs is 1. The summed E-state index contributed by atoms with van der Waals surface area (Å²) in [5.74, 6) is 0.898. The van der Waals surface area contributed by atoms with Crippen molar-refractivity contribution in [2.24, 2.45) is 0 Å². The van der Waals surface area contributed by atoms with Crippen LogP contribution in [0.4, 0.5) is 5.69 Å². The molecule has 0 spiro atoms. The van der Waals surface area contributed by atoms with E-state index < -0.39 is 22.0 Å². The van der Waals surface area contributed by atoms with Crippen LogP contribution in [0, 0.1) is 6.92 Å². The van der Waals surface area contributed by atoms with Gasteiger partial charge in [-0.2, -0.15) is 0 Å². The maximum atomic E-state index is 13.6. The number of hydrogen-bond donors (Lipinski definition) is 1. The van der Waals surface area contributed by atoms with Crippen LogP contribution < -0.4 is 19.1 Å². The zero-order chi connectivity index (χ0) is 26.9. The van der Waals surface area contributed by atoms with Crippen molar-refractivity contribution in [3.8, 4) is 11.5 Å². The Morgan fingerprint density at radius 2 is 1.78 bits per heavy atom. The Balaban J connectivity index is 1.64. The van der Waals surface area contributed by atoms with Crippen molar-refractivity contribution in [2.45, 2.75) is 50.7 Å². The Hall–Kier alpha value is -3.23. The van der Waals surface area contributed by atoms with Gasteiger partial charge in [0.15, 0.2) is 6.10 Å². The van der Waals surface area contributed by atoms with Crippen molar-refractivity contribution >= 4 is 33.2 Å². The number of carbonyl (C=O) groups is 1. The van der Waals surface area contributed by atoms with E-state index in [9.17, 15) is 13.2 Å². The Labute approximate surface area is 223 Å². The number of benzene rings is 3. The van der Waals surface area contributed by atoms with Gasteiger partial charge < -0.3 is 14.8 Å². The lowest BCUT2D eigenvalue weighted by molar-refractivity contribution is -0.128. The fourth-order valence-electron chi connectivity index (χ4n) is 4.50. The van der Waals surface area contributed by atoms with Gasteiger partial charge in [0.25, 0.3) is 15.9 Å². The van der Waals surface area contributed by atoms with E-state index in [-0.39, 0.29) is 29.1 Å². The van der Waals surface area contributed by atoms with Gasteiger partial charge in [-0.15, -0.1) is 0 Å². The molecule has 0 radical (unpaired) electrons. The van der Waals surface area contributed by atoms with Crippen LogP contribution in [0.1, 0.15) is 49.4 Å². The second-order valence-corrected chi connectivity index (χ2v) is 11.7. The van der Waals surface area contributed by atoms with Crippen molar-refractivity contribution in [2.75, 3.05) is 18.0 Å². The van der Waals surface area contributed by atoms with Crippen molar-refractivity contribution < 1.29 is 22.7 Å². The van der Waals surface area contributed by atoms with Gasteiger partial charge >= 0.3 is 0 Å². The fourth-order valence-corrected chi connectivity index (χ4v) is 6.16. The lowest BCUT2D eigenvalue weighted by atomic mass is 9.93. The quantitative estimate of drug-likeness (QED) is 0.419. The molecule has 0 aliphatic carbocycles. The average Bonchev–Trinajstić information content (AvgIpc) is 2.87. The SMILES string of the molecule is COc1cc(C)c([C@@H](C)NC(=O)[C@@H]2CN(S(=O)(=O)c3ccccc3)c3cc(Cl)ccc3O2)cc1C(C)C. The first kappa shape index (κ1) is 26.8. The van der Waals surface area contributed by atoms with E-state index in [4.69, 9.17) is 21.1 Å². The molecule has 9 heteroatoms. The second kappa shape index (κ2) is 10.6. The van der Waals surface area contributed by atoms with Crippen LogP contribution in [0.3, 0.4) is 0 Å². The third kappa shape index (κ3) is 5.40. The zero-order valence-corrected chi connectivity index (χ0v) is 23.1. The number of anilines is 1. The number of carbonyl (C=O) groups excluding carboxylic acids is 1. The third-order valence-electron chi connectivity index (χ3n) is 6.48. The summed E-state index contributed by atoms with van der Waals surface area (Å²) in [5, 5.41) is 3.38. The first-order valence-electron chi connectivity index (χ1n) is 12.1. The van der Waals surface area contributed by atoms with E-state index in [1.165, 1.54) is 22.5 Å². The van der Waals surface area contributed by atoms with Crippen molar-refractivity contribution in [3.63, 3.8) is 0 Å². The zero-order valence-electron chi connectivity index (χ0n) is 21.5. The first-order chi connectivity index (χ1) is 17.5. The molecule has 0 unspecified atom stereocenters. The van der Waals surface area contributed by atoms with Crippen LogP contribution >= 0.6 is 11.6 Å². The van der Waals surface area contributed by atoms with Crippen LogP contribution in [0.25, 0.3) is 0 Å². The minimum absolute atomic E-state index is 0.116. The monoisotopic (exact) mass is 542 g/mol. The maximum absolute atomic E-state index is 13.6. The van der Waals surface area contributed by atoms with E-state index in [1.807, 2.05) is 19.9 Å². The van der Waals surface area contributed by atoms with Gasteiger partial charge in [0.1, 0.15) is 11.5 Å². The summed E-state index contributed by atoms with van der Waals surface area (Å²) >= 11 is 6.18. The van der Waals surface area contributed by atoms with E-state index in [1.54, 1.807) is 37.4 Å². The van der Waals surface area contributed by atoms with E-state index in [2.05, 4.69) is 25.2 Å². The number of sulfonamides is 1. The van der Waals surface area contributed by atoms with Crippen LogP contribution in [0.2, 0.25) is 5.02 Å². The molecule has 0 saturated carbocycles. The lowest BCUT2D eigenvalue weighted by Crippen LogP contribution is -2.51. The van der Waals surface area contributed by atoms with Crippen LogP contribution in [-0.2, 0) is 14.8 Å². The summed E-state index contributed by atoms with van der Waals surface area (Å²) in [5.41, 5.74) is 3.27. The van der Waals surface area contributed by atoms with Crippen molar-refractivity contribution in [3.05, 3.63) is 82.4 Å². The molecule has 4 rings (SSSR count). The minimum atomic E-state index is -3.97. The van der Waals surface area contributed by atoms with Gasteiger partial charge in [0, 0.05) is 5.02 Å². The molecule has 0 fully saturated rings. The lowest BCUT2D eigenvalue weighted by Gasteiger charge is -2.35. The molecule has 7 nitrogen and oxygen atoms in total. The Kier molecular flexibility index (Phi) is 7.71. The summed E-state index contributed by atoms with van der Waals surface area (Å²) in [6.07, 6.45) is -1.06. The van der Waals surface area contributed by atoms with Crippen molar-refractivity contribution in [1.82, 2.24) is 5.32 Å². The standard InChI is InChI=1S/C28H31ClN2O5S/c1-17(2)22-15-23(18(3)13-26(22)35-5)19(4)30-28(32)27-16-31(24-14-20(29)11-12-25(24)36-27)37(33,34)21-9-7-6-8-10-21/h6-15,17,19,27H,16H2,1-5H3,(H,30,32)/t19-,27+/m1/s1. The van der Waals surface area contributed by atoms with Crippen LogP contribution in [0.5, 0.6) is 11.5 Å². The Morgan fingerprint density at radius 1 is 1.08 bits per heavy atom. The molecular weight excluding hydrogens is 512 g/mol. The van der Waals surface area contributed by atoms with Crippen LogP contribution in [0.15, 0.2) is 65.6 Å². The molecular formula is C28H31ClN2O5S. The van der Waals surface area contributed by atoms with E-state index in [0.717, 1.165) is 22.4 Å². The normalized spacial score (nSPS) is 16.1. The summed E-state index contributed by atoms with van der Waals surface area (Å²) < 4.78 is 39.8. The van der Waals surface area contributed by atoms with Gasteiger partial charge in [-0.25, -0.2) is 8.42 Å². The van der Waals surface area contributed by atoms with Gasteiger partial charge in [-0.1, -0.05) is 43.6 Å². The van der Waals surface area contributed by atoms with E-state index in [0.29, 0.717) is 10.7 Å². The van der Waals surface area contributed by atoms with Gasteiger partial charge in [0.2, 0.25) is 0 Å². The van der Waals surface area contributed by atoms with E-state index >= 15 is 0 Å². The highest BCUT2D eigenvalue weighted by Crippen LogP contribution is 2.39. The number of hydrogen-bond acceptors (Lipinski definition) is 5. The number of nitrogens with zero attached hydrogens (tertiary/aromatic N) is 1. The highest BCUT2D eigenvalue weighted by molar-refractivity contribution is 7.92. The number of methoxy groups -OCH3 is 1. The molecule has 1 aliphatic rings. The first-order valence-corrected chi connectivity index (χ1v) is 13.9.